The Hall–Kier alpha value is -0.780. The minimum atomic E-state index is -4.17. The number of nitrogens with one attached hydrogen (secondary N) is 2. The van der Waals surface area contributed by atoms with Crippen molar-refractivity contribution in [2.45, 2.75) is 45.8 Å². The van der Waals surface area contributed by atoms with Gasteiger partial charge in [0.25, 0.3) is 0 Å². The quantitative estimate of drug-likeness (QED) is 0.803. The number of amides is 1. The number of carbonyl (C=O) groups excluding carboxylic acids is 1. The van der Waals surface area contributed by atoms with Gasteiger partial charge in [0.2, 0.25) is 5.91 Å². The van der Waals surface area contributed by atoms with E-state index in [4.69, 9.17) is 0 Å². The van der Waals surface area contributed by atoms with Crippen LogP contribution < -0.4 is 10.6 Å². The first-order valence-electron chi connectivity index (χ1n) is 6.17. The molecule has 1 rings (SSSR count). The molecular weight excluding hydrogens is 245 g/mol. The monoisotopic (exact) mass is 266 g/mol. The summed E-state index contributed by atoms with van der Waals surface area (Å²) < 4.78 is 37.3. The number of piperidine rings is 1. The van der Waals surface area contributed by atoms with Gasteiger partial charge >= 0.3 is 6.18 Å². The molecular formula is C12H21F3N2O. The Morgan fingerprint density at radius 3 is 2.28 bits per heavy atom. The maximum atomic E-state index is 12.4. The van der Waals surface area contributed by atoms with Gasteiger partial charge in [-0.2, -0.15) is 13.2 Å². The Labute approximate surface area is 106 Å². The molecule has 0 saturated carbocycles. The molecule has 18 heavy (non-hydrogen) atoms. The Morgan fingerprint density at radius 2 is 1.89 bits per heavy atom. The second-order valence-electron chi connectivity index (χ2n) is 6.06. The predicted molar refractivity (Wildman–Crippen MR) is 63.0 cm³/mol. The lowest BCUT2D eigenvalue weighted by Gasteiger charge is -2.31. The number of rotatable bonds is 2. The average Bonchev–Trinajstić information content (AvgIpc) is 2.24. The van der Waals surface area contributed by atoms with E-state index in [0.717, 1.165) is 0 Å². The molecule has 3 nitrogen and oxygen atoms in total. The number of halogens is 3. The van der Waals surface area contributed by atoms with E-state index >= 15 is 0 Å². The molecule has 0 bridgehead atoms. The second kappa shape index (κ2) is 5.47. The van der Waals surface area contributed by atoms with Gasteiger partial charge in [-0.15, -0.1) is 0 Å². The fourth-order valence-electron chi connectivity index (χ4n) is 1.84. The van der Waals surface area contributed by atoms with Crippen LogP contribution in [0, 0.1) is 11.3 Å². The molecule has 1 amide bonds. The van der Waals surface area contributed by atoms with Crippen molar-refractivity contribution in [3.63, 3.8) is 0 Å². The molecule has 2 atom stereocenters. The summed E-state index contributed by atoms with van der Waals surface area (Å²) in [7, 11) is 0. The van der Waals surface area contributed by atoms with Crippen molar-refractivity contribution in [3.05, 3.63) is 0 Å². The van der Waals surface area contributed by atoms with E-state index in [2.05, 4.69) is 10.6 Å². The van der Waals surface area contributed by atoms with Crippen LogP contribution in [0.2, 0.25) is 0 Å². The van der Waals surface area contributed by atoms with Gasteiger partial charge in [0.05, 0.1) is 12.0 Å². The standard InChI is InChI=1S/C12H21F3N2O/c1-11(2,3)7-17-10(18)9-5-4-8(6-16-9)12(13,14)15/h8-9,16H,4-7H2,1-3H3,(H,17,18). The van der Waals surface area contributed by atoms with Gasteiger partial charge < -0.3 is 10.6 Å². The Bertz CT molecular complexity index is 289. The molecule has 1 fully saturated rings. The van der Waals surface area contributed by atoms with E-state index in [1.807, 2.05) is 20.8 Å². The summed E-state index contributed by atoms with van der Waals surface area (Å²) in [6, 6.07) is -0.494. The largest absolute Gasteiger partial charge is 0.393 e. The molecule has 0 aromatic heterocycles. The van der Waals surface area contributed by atoms with Crippen LogP contribution in [0.15, 0.2) is 0 Å². The number of alkyl halides is 3. The van der Waals surface area contributed by atoms with Crippen LogP contribution in [0.4, 0.5) is 13.2 Å². The number of hydrogen-bond acceptors (Lipinski definition) is 2. The zero-order valence-electron chi connectivity index (χ0n) is 11.0. The van der Waals surface area contributed by atoms with Crippen LogP contribution in [-0.2, 0) is 4.79 Å². The predicted octanol–water partition coefficient (Wildman–Crippen LogP) is 2.08. The molecule has 106 valence electrons. The fraction of sp³-hybridized carbons (Fsp3) is 0.917. The summed E-state index contributed by atoms with van der Waals surface area (Å²) >= 11 is 0. The smallest absolute Gasteiger partial charge is 0.354 e. The normalized spacial score (nSPS) is 25.9. The molecule has 1 aliphatic heterocycles. The van der Waals surface area contributed by atoms with E-state index in [-0.39, 0.29) is 30.7 Å². The van der Waals surface area contributed by atoms with E-state index in [1.165, 1.54) is 0 Å². The molecule has 0 aromatic carbocycles. The molecule has 1 saturated heterocycles. The summed E-state index contributed by atoms with van der Waals surface area (Å²) in [4.78, 5) is 11.7. The number of hydrogen-bond donors (Lipinski definition) is 2. The van der Waals surface area contributed by atoms with Gasteiger partial charge in [0.1, 0.15) is 0 Å². The highest BCUT2D eigenvalue weighted by molar-refractivity contribution is 5.81. The van der Waals surface area contributed by atoms with Crippen LogP contribution in [0.5, 0.6) is 0 Å². The van der Waals surface area contributed by atoms with E-state index in [1.54, 1.807) is 0 Å². The topological polar surface area (TPSA) is 41.1 Å². The summed E-state index contributed by atoms with van der Waals surface area (Å²) in [6.07, 6.45) is -3.91. The molecule has 1 heterocycles. The van der Waals surface area contributed by atoms with Gasteiger partial charge in [-0.3, -0.25) is 4.79 Å². The third-order valence-electron chi connectivity index (χ3n) is 2.99. The van der Waals surface area contributed by atoms with Crippen molar-refractivity contribution in [1.29, 1.82) is 0 Å². The first-order chi connectivity index (χ1) is 8.09. The zero-order valence-corrected chi connectivity index (χ0v) is 11.0. The van der Waals surface area contributed by atoms with Crippen LogP contribution in [0.3, 0.4) is 0 Å². The maximum Gasteiger partial charge on any atom is 0.393 e. The van der Waals surface area contributed by atoms with Crippen molar-refractivity contribution >= 4 is 5.91 Å². The van der Waals surface area contributed by atoms with Crippen molar-refractivity contribution in [3.8, 4) is 0 Å². The van der Waals surface area contributed by atoms with Crippen LogP contribution in [0.1, 0.15) is 33.6 Å². The molecule has 0 radical (unpaired) electrons. The van der Waals surface area contributed by atoms with Crippen LogP contribution >= 0.6 is 0 Å². The zero-order chi connectivity index (χ0) is 14.0. The highest BCUT2D eigenvalue weighted by atomic mass is 19.4. The molecule has 2 N–H and O–H groups in total. The number of carbonyl (C=O) groups is 1. The molecule has 0 aliphatic carbocycles. The molecule has 1 aliphatic rings. The Morgan fingerprint density at radius 1 is 1.28 bits per heavy atom. The van der Waals surface area contributed by atoms with E-state index < -0.39 is 18.1 Å². The average molecular weight is 266 g/mol. The van der Waals surface area contributed by atoms with E-state index in [0.29, 0.717) is 6.54 Å². The summed E-state index contributed by atoms with van der Waals surface area (Å²) in [6.45, 7) is 6.31. The second-order valence-corrected chi connectivity index (χ2v) is 6.06. The van der Waals surface area contributed by atoms with Crippen LogP contribution in [-0.4, -0.2) is 31.2 Å². The first kappa shape index (κ1) is 15.3. The molecule has 2 unspecified atom stereocenters. The van der Waals surface area contributed by atoms with Gasteiger partial charge in [0.15, 0.2) is 0 Å². The van der Waals surface area contributed by atoms with Gasteiger partial charge in [-0.1, -0.05) is 20.8 Å². The summed E-state index contributed by atoms with van der Waals surface area (Å²) in [5, 5.41) is 5.44. The van der Waals surface area contributed by atoms with Crippen molar-refractivity contribution in [1.82, 2.24) is 10.6 Å². The minimum Gasteiger partial charge on any atom is -0.354 e. The van der Waals surface area contributed by atoms with E-state index in [9.17, 15) is 18.0 Å². The van der Waals surface area contributed by atoms with Crippen molar-refractivity contribution in [2.24, 2.45) is 11.3 Å². The Balaban J connectivity index is 2.37. The fourth-order valence-corrected chi connectivity index (χ4v) is 1.84. The first-order valence-corrected chi connectivity index (χ1v) is 6.17. The summed E-state index contributed by atoms with van der Waals surface area (Å²) in [5.74, 6) is -1.53. The summed E-state index contributed by atoms with van der Waals surface area (Å²) in [5.41, 5.74) is -0.0289. The molecule has 0 spiro atoms. The molecule has 0 aromatic rings. The van der Waals surface area contributed by atoms with Crippen LogP contribution in [0.25, 0.3) is 0 Å². The maximum absolute atomic E-state index is 12.4. The van der Waals surface area contributed by atoms with Gasteiger partial charge in [-0.25, -0.2) is 0 Å². The highest BCUT2D eigenvalue weighted by Gasteiger charge is 2.42. The van der Waals surface area contributed by atoms with Gasteiger partial charge in [0, 0.05) is 13.1 Å². The van der Waals surface area contributed by atoms with Crippen molar-refractivity contribution < 1.29 is 18.0 Å². The third kappa shape index (κ3) is 4.84. The Kier molecular flexibility index (Phi) is 4.64. The van der Waals surface area contributed by atoms with Crippen molar-refractivity contribution in [2.75, 3.05) is 13.1 Å². The minimum absolute atomic E-state index is 0.0180. The lowest BCUT2D eigenvalue weighted by atomic mass is 9.93. The lowest BCUT2D eigenvalue weighted by molar-refractivity contribution is -0.180. The SMILES string of the molecule is CC(C)(C)CNC(=O)C1CCC(C(F)(F)F)CN1. The third-order valence-corrected chi connectivity index (χ3v) is 2.99. The lowest BCUT2D eigenvalue weighted by Crippen LogP contribution is -2.52. The van der Waals surface area contributed by atoms with Gasteiger partial charge in [-0.05, 0) is 18.3 Å². The molecule has 6 heteroatoms. The highest BCUT2D eigenvalue weighted by Crippen LogP contribution is 2.31.